The lowest BCUT2D eigenvalue weighted by Gasteiger charge is -2.36. The minimum absolute atomic E-state index is 0.138. The van der Waals surface area contributed by atoms with Gasteiger partial charge in [0.05, 0.1) is 0 Å². The second-order valence-corrected chi connectivity index (χ2v) is 7.29. The molecule has 0 atom stereocenters. The number of benzene rings is 2. The molecule has 3 N–H and O–H groups in total. The minimum atomic E-state index is -0.260. The van der Waals surface area contributed by atoms with E-state index >= 15 is 0 Å². The van der Waals surface area contributed by atoms with Crippen molar-refractivity contribution in [3.05, 3.63) is 83.9 Å². The summed E-state index contributed by atoms with van der Waals surface area (Å²) in [6, 6.07) is 17.1. The van der Waals surface area contributed by atoms with Crippen LogP contribution in [0.5, 0.6) is 0 Å². The van der Waals surface area contributed by atoms with Crippen LogP contribution in [0.25, 0.3) is 23.3 Å². The van der Waals surface area contributed by atoms with E-state index in [-0.39, 0.29) is 11.8 Å². The van der Waals surface area contributed by atoms with Gasteiger partial charge in [0.15, 0.2) is 5.96 Å². The summed E-state index contributed by atoms with van der Waals surface area (Å²) in [5.41, 5.74) is 10.3. The van der Waals surface area contributed by atoms with Crippen LogP contribution in [-0.4, -0.2) is 42.0 Å². The Bertz CT molecular complexity index is 1040. The average molecular weight is 401 g/mol. The lowest BCUT2D eigenvalue weighted by atomic mass is 10.0. The molecule has 1 fully saturated rings. The second kappa shape index (κ2) is 8.78. The van der Waals surface area contributed by atoms with E-state index in [9.17, 15) is 4.39 Å². The van der Waals surface area contributed by atoms with Gasteiger partial charge in [-0.05, 0) is 64.7 Å². The molecule has 0 aliphatic carbocycles. The van der Waals surface area contributed by atoms with Crippen LogP contribution < -0.4 is 10.6 Å². The standard InChI is InChI=1S/C24H24FN5/c25-22-16-19(15-21(17-22)20-7-9-28-10-8-20)2-1-18-3-5-23(6-4-18)29-11-13-30(14-12-29)24(26)27/h1-10,15-17H,11-14H2,(H3,26,27)/b2-1+. The van der Waals surface area contributed by atoms with Gasteiger partial charge in [-0.1, -0.05) is 24.3 Å². The molecule has 0 spiro atoms. The summed E-state index contributed by atoms with van der Waals surface area (Å²) in [5.74, 6) is -0.122. The molecule has 6 heteroatoms. The highest BCUT2D eigenvalue weighted by Crippen LogP contribution is 2.23. The molecular formula is C24H24FN5. The maximum Gasteiger partial charge on any atom is 0.188 e. The fourth-order valence-electron chi connectivity index (χ4n) is 3.61. The summed E-state index contributed by atoms with van der Waals surface area (Å²) in [6.45, 7) is 3.21. The zero-order valence-corrected chi connectivity index (χ0v) is 16.6. The molecule has 0 bridgehead atoms. The van der Waals surface area contributed by atoms with Crippen molar-refractivity contribution in [2.75, 3.05) is 31.1 Å². The van der Waals surface area contributed by atoms with Gasteiger partial charge in [0.1, 0.15) is 5.82 Å². The van der Waals surface area contributed by atoms with Crippen molar-refractivity contribution >= 4 is 23.8 Å². The molecule has 1 aliphatic rings. The van der Waals surface area contributed by atoms with E-state index in [4.69, 9.17) is 11.1 Å². The smallest absolute Gasteiger partial charge is 0.188 e. The summed E-state index contributed by atoms with van der Waals surface area (Å²) >= 11 is 0. The molecule has 0 saturated carbocycles. The summed E-state index contributed by atoms with van der Waals surface area (Å²) < 4.78 is 14.1. The molecule has 4 rings (SSSR count). The maximum atomic E-state index is 14.1. The van der Waals surface area contributed by atoms with Crippen LogP contribution in [0.15, 0.2) is 67.0 Å². The lowest BCUT2D eigenvalue weighted by molar-refractivity contribution is 0.380. The van der Waals surface area contributed by atoms with E-state index in [0.717, 1.165) is 54.1 Å². The third kappa shape index (κ3) is 4.66. The first kappa shape index (κ1) is 19.6. The minimum Gasteiger partial charge on any atom is -0.370 e. The molecule has 30 heavy (non-hydrogen) atoms. The molecule has 2 heterocycles. The van der Waals surface area contributed by atoms with E-state index in [1.165, 1.54) is 12.1 Å². The van der Waals surface area contributed by atoms with Crippen LogP contribution in [0.1, 0.15) is 11.1 Å². The Morgan fingerprint density at radius 2 is 1.53 bits per heavy atom. The Hall–Kier alpha value is -3.67. The molecular weight excluding hydrogens is 377 g/mol. The predicted octanol–water partition coefficient (Wildman–Crippen LogP) is 4.07. The van der Waals surface area contributed by atoms with Gasteiger partial charge in [-0.15, -0.1) is 0 Å². The molecule has 152 valence electrons. The largest absolute Gasteiger partial charge is 0.370 e. The number of pyridine rings is 1. The molecule has 1 aliphatic heterocycles. The van der Waals surface area contributed by atoms with Crippen LogP contribution in [0.4, 0.5) is 10.1 Å². The van der Waals surface area contributed by atoms with Gasteiger partial charge in [-0.25, -0.2) is 4.39 Å². The third-order valence-corrected chi connectivity index (χ3v) is 5.28. The second-order valence-electron chi connectivity index (χ2n) is 7.29. The summed E-state index contributed by atoms with van der Waals surface area (Å²) in [7, 11) is 0. The fourth-order valence-corrected chi connectivity index (χ4v) is 3.61. The highest BCUT2D eigenvalue weighted by atomic mass is 19.1. The number of rotatable bonds is 4. The van der Waals surface area contributed by atoms with Crippen molar-refractivity contribution in [2.24, 2.45) is 5.73 Å². The maximum absolute atomic E-state index is 14.1. The van der Waals surface area contributed by atoms with Gasteiger partial charge in [0.2, 0.25) is 0 Å². The zero-order valence-electron chi connectivity index (χ0n) is 16.6. The number of hydrogen-bond donors (Lipinski definition) is 2. The Morgan fingerprint density at radius 1 is 0.867 bits per heavy atom. The van der Waals surface area contributed by atoms with Crippen molar-refractivity contribution < 1.29 is 4.39 Å². The summed E-state index contributed by atoms with van der Waals surface area (Å²) in [4.78, 5) is 8.19. The first-order valence-corrected chi connectivity index (χ1v) is 9.91. The van der Waals surface area contributed by atoms with Gasteiger partial charge in [0, 0.05) is 44.3 Å². The predicted molar refractivity (Wildman–Crippen MR) is 121 cm³/mol. The van der Waals surface area contributed by atoms with E-state index in [2.05, 4.69) is 34.1 Å². The fraction of sp³-hybridized carbons (Fsp3) is 0.167. The van der Waals surface area contributed by atoms with Crippen LogP contribution in [0.2, 0.25) is 0 Å². The highest BCUT2D eigenvalue weighted by Gasteiger charge is 2.17. The molecule has 2 aromatic carbocycles. The van der Waals surface area contributed by atoms with Gasteiger partial charge < -0.3 is 15.5 Å². The van der Waals surface area contributed by atoms with Crippen molar-refractivity contribution in [3.8, 4) is 11.1 Å². The topological polar surface area (TPSA) is 69.2 Å². The number of guanidine groups is 1. The SMILES string of the molecule is N=C(N)N1CCN(c2ccc(/C=C/c3cc(F)cc(-c4ccncc4)c3)cc2)CC1. The van der Waals surface area contributed by atoms with Gasteiger partial charge in [-0.2, -0.15) is 0 Å². The van der Waals surface area contributed by atoms with Crippen molar-refractivity contribution in [3.63, 3.8) is 0 Å². The Balaban J connectivity index is 1.45. The third-order valence-electron chi connectivity index (χ3n) is 5.28. The first-order chi connectivity index (χ1) is 14.6. The first-order valence-electron chi connectivity index (χ1n) is 9.91. The number of aromatic nitrogens is 1. The Kier molecular flexibility index (Phi) is 5.75. The van der Waals surface area contributed by atoms with E-state index in [1.54, 1.807) is 12.4 Å². The quantitative estimate of drug-likeness (QED) is 0.393. The lowest BCUT2D eigenvalue weighted by Crippen LogP contribution is -2.50. The number of halogens is 1. The van der Waals surface area contributed by atoms with Crippen LogP contribution >= 0.6 is 0 Å². The number of nitrogens with two attached hydrogens (primary N) is 1. The summed E-state index contributed by atoms with van der Waals surface area (Å²) in [6.07, 6.45) is 7.32. The van der Waals surface area contributed by atoms with E-state index < -0.39 is 0 Å². The van der Waals surface area contributed by atoms with Crippen LogP contribution in [0.3, 0.4) is 0 Å². The monoisotopic (exact) mass is 401 g/mol. The average Bonchev–Trinajstić information content (AvgIpc) is 2.78. The normalized spacial score (nSPS) is 14.3. The molecule has 3 aromatic rings. The Morgan fingerprint density at radius 3 is 2.20 bits per heavy atom. The molecule has 1 saturated heterocycles. The van der Waals surface area contributed by atoms with Crippen molar-refractivity contribution in [2.45, 2.75) is 0 Å². The van der Waals surface area contributed by atoms with Crippen molar-refractivity contribution in [1.29, 1.82) is 5.41 Å². The van der Waals surface area contributed by atoms with Crippen LogP contribution in [-0.2, 0) is 0 Å². The molecule has 0 unspecified atom stereocenters. The van der Waals surface area contributed by atoms with Crippen molar-refractivity contribution in [1.82, 2.24) is 9.88 Å². The summed E-state index contributed by atoms with van der Waals surface area (Å²) in [5, 5.41) is 7.53. The number of piperazine rings is 1. The number of anilines is 1. The zero-order chi connectivity index (χ0) is 20.9. The van der Waals surface area contributed by atoms with Gasteiger partial charge in [-0.3, -0.25) is 10.4 Å². The van der Waals surface area contributed by atoms with Gasteiger partial charge >= 0.3 is 0 Å². The number of nitrogens with one attached hydrogen (secondary N) is 1. The molecule has 5 nitrogen and oxygen atoms in total. The van der Waals surface area contributed by atoms with E-state index in [1.807, 2.05) is 35.3 Å². The number of nitrogens with zero attached hydrogens (tertiary/aromatic N) is 3. The Labute approximate surface area is 175 Å². The molecule has 1 aromatic heterocycles. The molecule has 0 amide bonds. The van der Waals surface area contributed by atoms with E-state index in [0.29, 0.717) is 0 Å². The van der Waals surface area contributed by atoms with Gasteiger partial charge in [0.25, 0.3) is 0 Å². The van der Waals surface area contributed by atoms with Crippen LogP contribution in [0, 0.1) is 11.2 Å². The highest BCUT2D eigenvalue weighted by molar-refractivity contribution is 5.75. The molecule has 0 radical (unpaired) electrons. The number of hydrogen-bond acceptors (Lipinski definition) is 3.